The van der Waals surface area contributed by atoms with Gasteiger partial charge in [-0.25, -0.2) is 0 Å². The zero-order valence-electron chi connectivity index (χ0n) is 16.1. The second-order valence-electron chi connectivity index (χ2n) is 7.10. The summed E-state index contributed by atoms with van der Waals surface area (Å²) in [5.74, 6) is 0.827. The van der Waals surface area contributed by atoms with E-state index in [4.69, 9.17) is 15.2 Å². The molecule has 3 N–H and O–H groups in total. The Labute approximate surface area is 165 Å². The van der Waals surface area contributed by atoms with Crippen LogP contribution in [0.15, 0.2) is 73.1 Å². The third-order valence-corrected chi connectivity index (χ3v) is 5.56. The minimum absolute atomic E-state index is 0.0795. The van der Waals surface area contributed by atoms with E-state index >= 15 is 0 Å². The molecule has 0 bridgehead atoms. The predicted octanol–water partition coefficient (Wildman–Crippen LogP) is 3.29. The summed E-state index contributed by atoms with van der Waals surface area (Å²) in [7, 11) is 3.38. The average Bonchev–Trinajstić information content (AvgIpc) is 3.12. The number of nitrogens with two attached hydrogens (primary N) is 1. The van der Waals surface area contributed by atoms with Crippen molar-refractivity contribution in [3.63, 3.8) is 0 Å². The molecule has 2 aromatic carbocycles. The fourth-order valence-corrected chi connectivity index (χ4v) is 4.04. The van der Waals surface area contributed by atoms with E-state index in [0.717, 1.165) is 34.4 Å². The van der Waals surface area contributed by atoms with Crippen LogP contribution in [-0.4, -0.2) is 31.5 Å². The first-order valence-corrected chi connectivity index (χ1v) is 9.38. The molecule has 0 amide bonds. The lowest BCUT2D eigenvalue weighted by Crippen LogP contribution is -2.46. The van der Waals surface area contributed by atoms with Crippen LogP contribution >= 0.6 is 0 Å². The van der Waals surface area contributed by atoms with Crippen LogP contribution in [0.25, 0.3) is 11.1 Å². The maximum atomic E-state index is 6.37. The third kappa shape index (κ3) is 3.29. The summed E-state index contributed by atoms with van der Waals surface area (Å²) in [6.45, 7) is 0. The lowest BCUT2D eigenvalue weighted by molar-refractivity contribution is 0.0912. The summed E-state index contributed by atoms with van der Waals surface area (Å²) in [5.41, 5.74) is 10.4. The number of benzene rings is 2. The highest BCUT2D eigenvalue weighted by Crippen LogP contribution is 2.41. The molecule has 1 aliphatic rings. The van der Waals surface area contributed by atoms with E-state index in [0.29, 0.717) is 0 Å². The van der Waals surface area contributed by atoms with Crippen LogP contribution in [0.2, 0.25) is 0 Å². The molecule has 2 heterocycles. The lowest BCUT2D eigenvalue weighted by atomic mass is 9.80. The normalized spacial score (nSPS) is 24.2. The highest BCUT2D eigenvalue weighted by molar-refractivity contribution is 5.64. The minimum atomic E-state index is -0.440. The van der Waals surface area contributed by atoms with Crippen molar-refractivity contribution in [2.75, 3.05) is 14.2 Å². The van der Waals surface area contributed by atoms with Gasteiger partial charge in [0.15, 0.2) is 0 Å². The van der Waals surface area contributed by atoms with Gasteiger partial charge in [-0.3, -0.25) is 10.3 Å². The van der Waals surface area contributed by atoms with Crippen molar-refractivity contribution in [2.24, 2.45) is 5.73 Å². The quantitative estimate of drug-likeness (QED) is 0.716. The number of ether oxygens (including phenoxy) is 2. The molecule has 0 saturated carbocycles. The Balaban J connectivity index is 1.82. The van der Waals surface area contributed by atoms with Crippen LogP contribution in [0.3, 0.4) is 0 Å². The Bertz CT molecular complexity index is 930. The Hall–Kier alpha value is -2.73. The smallest absolute Gasteiger partial charge is 0.118 e. The molecule has 0 spiro atoms. The van der Waals surface area contributed by atoms with Gasteiger partial charge in [-0.05, 0) is 46.5 Å². The van der Waals surface area contributed by atoms with Gasteiger partial charge in [-0.1, -0.05) is 36.4 Å². The molecule has 28 heavy (non-hydrogen) atoms. The highest BCUT2D eigenvalue weighted by Gasteiger charge is 2.46. The van der Waals surface area contributed by atoms with Crippen LogP contribution in [0, 0.1) is 0 Å². The predicted molar refractivity (Wildman–Crippen MR) is 110 cm³/mol. The molecule has 5 nitrogen and oxygen atoms in total. The fourth-order valence-electron chi connectivity index (χ4n) is 4.04. The number of hydrogen-bond acceptors (Lipinski definition) is 5. The number of hydrogen-bond donors (Lipinski definition) is 2. The molecule has 0 aliphatic carbocycles. The van der Waals surface area contributed by atoms with Gasteiger partial charge in [0, 0.05) is 25.9 Å². The van der Waals surface area contributed by atoms with Gasteiger partial charge in [0.05, 0.1) is 24.9 Å². The van der Waals surface area contributed by atoms with Crippen LogP contribution < -0.4 is 15.8 Å². The van der Waals surface area contributed by atoms with E-state index in [9.17, 15) is 0 Å². The number of aromatic nitrogens is 1. The van der Waals surface area contributed by atoms with E-state index < -0.39 is 5.54 Å². The Morgan fingerprint density at radius 2 is 1.79 bits per heavy atom. The molecular weight excluding hydrogens is 350 g/mol. The first-order valence-electron chi connectivity index (χ1n) is 9.38. The molecule has 0 radical (unpaired) electrons. The Kier molecular flexibility index (Phi) is 5.13. The summed E-state index contributed by atoms with van der Waals surface area (Å²) in [6, 6.07) is 20.7. The molecule has 144 valence electrons. The van der Waals surface area contributed by atoms with Gasteiger partial charge in [-0.15, -0.1) is 0 Å². The topological polar surface area (TPSA) is 69.4 Å². The Morgan fingerprint density at radius 1 is 1.00 bits per heavy atom. The van der Waals surface area contributed by atoms with Gasteiger partial charge in [-0.2, -0.15) is 0 Å². The summed E-state index contributed by atoms with van der Waals surface area (Å²) >= 11 is 0. The molecule has 1 unspecified atom stereocenters. The van der Waals surface area contributed by atoms with Crippen LogP contribution in [0.4, 0.5) is 0 Å². The zero-order valence-corrected chi connectivity index (χ0v) is 16.1. The second-order valence-corrected chi connectivity index (χ2v) is 7.10. The first kappa shape index (κ1) is 18.6. The van der Waals surface area contributed by atoms with Crippen molar-refractivity contribution in [3.05, 3.63) is 84.2 Å². The third-order valence-electron chi connectivity index (χ3n) is 5.56. The van der Waals surface area contributed by atoms with E-state index in [1.807, 2.05) is 24.4 Å². The summed E-state index contributed by atoms with van der Waals surface area (Å²) in [4.78, 5) is 4.25. The molecule has 5 heteroatoms. The van der Waals surface area contributed by atoms with E-state index in [2.05, 4.69) is 52.8 Å². The van der Waals surface area contributed by atoms with Gasteiger partial charge in [0.25, 0.3) is 0 Å². The van der Waals surface area contributed by atoms with Gasteiger partial charge < -0.3 is 15.2 Å². The van der Waals surface area contributed by atoms with E-state index in [1.165, 1.54) is 0 Å². The zero-order chi connectivity index (χ0) is 19.6. The second kappa shape index (κ2) is 7.72. The summed E-state index contributed by atoms with van der Waals surface area (Å²) in [5, 5.41) is 3.61. The molecule has 1 saturated heterocycles. The van der Waals surface area contributed by atoms with Crippen LogP contribution in [0.5, 0.6) is 5.75 Å². The number of nitrogens with zero attached hydrogens (tertiary/aromatic N) is 1. The van der Waals surface area contributed by atoms with Crippen molar-refractivity contribution in [1.82, 2.24) is 10.3 Å². The standard InChI is InChI=1S/C23H25N3O2/c1-27-20-10-8-18(9-11-20)23(14-21(28-2)22(24)26-23)19-7-3-5-16(13-19)17-6-4-12-25-15-17/h3-13,15,21-22,26H,14,24H2,1-2H3/t21-,22?,23-/m1/s1. The van der Waals surface area contributed by atoms with Crippen molar-refractivity contribution in [1.29, 1.82) is 0 Å². The fraction of sp³-hybridized carbons (Fsp3) is 0.261. The maximum absolute atomic E-state index is 6.37. The molecule has 1 aliphatic heterocycles. The monoisotopic (exact) mass is 375 g/mol. The maximum Gasteiger partial charge on any atom is 0.118 e. The summed E-state index contributed by atoms with van der Waals surface area (Å²) in [6.07, 6.45) is 4.07. The SMILES string of the molecule is COc1ccc([C@@]2(c3cccc(-c4cccnc4)c3)C[C@@H](OC)C(N)N2)cc1. The van der Waals surface area contributed by atoms with Crippen molar-refractivity contribution in [2.45, 2.75) is 24.2 Å². The number of nitrogens with one attached hydrogen (secondary N) is 1. The molecule has 3 aromatic rings. The van der Waals surface area contributed by atoms with Gasteiger partial charge in [0.1, 0.15) is 5.75 Å². The Morgan fingerprint density at radius 3 is 2.43 bits per heavy atom. The van der Waals surface area contributed by atoms with Crippen LogP contribution in [0.1, 0.15) is 17.5 Å². The van der Waals surface area contributed by atoms with Crippen LogP contribution in [-0.2, 0) is 10.3 Å². The van der Waals surface area contributed by atoms with Crippen molar-refractivity contribution >= 4 is 0 Å². The van der Waals surface area contributed by atoms with Crippen molar-refractivity contribution < 1.29 is 9.47 Å². The lowest BCUT2D eigenvalue weighted by Gasteiger charge is -2.32. The highest BCUT2D eigenvalue weighted by atomic mass is 16.5. The summed E-state index contributed by atoms with van der Waals surface area (Å²) < 4.78 is 11.0. The van der Waals surface area contributed by atoms with E-state index in [-0.39, 0.29) is 12.3 Å². The van der Waals surface area contributed by atoms with E-state index in [1.54, 1.807) is 20.4 Å². The average molecular weight is 375 g/mol. The molecule has 1 aromatic heterocycles. The molecule has 4 rings (SSSR count). The van der Waals surface area contributed by atoms with Crippen molar-refractivity contribution in [3.8, 4) is 16.9 Å². The number of pyridine rings is 1. The largest absolute Gasteiger partial charge is 0.497 e. The number of methoxy groups -OCH3 is 2. The van der Waals surface area contributed by atoms with Gasteiger partial charge >= 0.3 is 0 Å². The first-order chi connectivity index (χ1) is 13.7. The number of rotatable bonds is 5. The molecular formula is C23H25N3O2. The molecule has 3 atom stereocenters. The molecule has 1 fully saturated rings. The van der Waals surface area contributed by atoms with Gasteiger partial charge in [0.2, 0.25) is 0 Å². The minimum Gasteiger partial charge on any atom is -0.497 e.